The number of nitrogen functional groups attached to an aromatic ring is 1. The number of halogens is 1. The van der Waals surface area contributed by atoms with Crippen LogP contribution in [0.1, 0.15) is 12.8 Å². The Morgan fingerprint density at radius 3 is 2.80 bits per heavy atom. The number of nitrogens with two attached hydrogens (primary N) is 1. The molecule has 0 radical (unpaired) electrons. The normalized spacial score (nSPS) is 14.7. The number of hydrogen-bond acceptors (Lipinski definition) is 2. The zero-order chi connectivity index (χ0) is 10.8. The molecule has 4 N–H and O–H groups in total. The highest BCUT2D eigenvalue weighted by atomic mass is 127. The molecule has 1 saturated carbocycles. The highest BCUT2D eigenvalue weighted by Crippen LogP contribution is 2.21. The Morgan fingerprint density at radius 1 is 1.47 bits per heavy atom. The molecule has 5 heteroatoms. The van der Waals surface area contributed by atoms with Crippen molar-refractivity contribution in [1.29, 1.82) is 0 Å². The summed E-state index contributed by atoms with van der Waals surface area (Å²) < 4.78 is 0.987. The lowest BCUT2D eigenvalue weighted by atomic mass is 10.3. The van der Waals surface area contributed by atoms with E-state index in [1.807, 2.05) is 12.1 Å². The fraction of sp³-hybridized carbons (Fsp3) is 0.300. The van der Waals surface area contributed by atoms with Crippen LogP contribution in [0.4, 0.5) is 16.2 Å². The van der Waals surface area contributed by atoms with E-state index in [0.29, 0.717) is 11.7 Å². The van der Waals surface area contributed by atoms with Crippen LogP contribution in [0.5, 0.6) is 0 Å². The summed E-state index contributed by atoms with van der Waals surface area (Å²) in [5, 5.41) is 5.59. The van der Waals surface area contributed by atoms with Gasteiger partial charge in [0.25, 0.3) is 0 Å². The fourth-order valence-electron chi connectivity index (χ4n) is 1.20. The zero-order valence-electron chi connectivity index (χ0n) is 8.09. The predicted octanol–water partition coefficient (Wildman–Crippen LogP) is 2.16. The Kier molecular flexibility index (Phi) is 2.99. The van der Waals surface area contributed by atoms with E-state index in [2.05, 4.69) is 33.2 Å². The predicted molar refractivity (Wildman–Crippen MR) is 68.7 cm³/mol. The van der Waals surface area contributed by atoms with Crippen LogP contribution in [-0.2, 0) is 0 Å². The number of anilines is 2. The van der Waals surface area contributed by atoms with Crippen molar-refractivity contribution < 1.29 is 4.79 Å². The molecule has 2 rings (SSSR count). The first-order valence-electron chi connectivity index (χ1n) is 4.77. The molecule has 4 nitrogen and oxygen atoms in total. The van der Waals surface area contributed by atoms with Crippen LogP contribution in [0.3, 0.4) is 0 Å². The number of urea groups is 1. The maximum atomic E-state index is 11.4. The van der Waals surface area contributed by atoms with Crippen molar-refractivity contribution in [3.63, 3.8) is 0 Å². The summed E-state index contributed by atoms with van der Waals surface area (Å²) in [7, 11) is 0. The smallest absolute Gasteiger partial charge is 0.319 e. The number of carbonyl (C=O) groups is 1. The molecule has 1 aliphatic carbocycles. The quantitative estimate of drug-likeness (QED) is 0.578. The molecule has 80 valence electrons. The van der Waals surface area contributed by atoms with Crippen molar-refractivity contribution in [3.8, 4) is 0 Å². The molecule has 0 atom stereocenters. The number of amides is 2. The Bertz CT molecular complexity index is 390. The van der Waals surface area contributed by atoms with Crippen LogP contribution in [0.25, 0.3) is 0 Å². The molecule has 2 amide bonds. The van der Waals surface area contributed by atoms with E-state index in [1.165, 1.54) is 0 Å². The first-order valence-corrected chi connectivity index (χ1v) is 5.85. The maximum Gasteiger partial charge on any atom is 0.319 e. The molecule has 15 heavy (non-hydrogen) atoms. The lowest BCUT2D eigenvalue weighted by Crippen LogP contribution is -2.30. The lowest BCUT2D eigenvalue weighted by molar-refractivity contribution is 0.251. The molecular weight excluding hydrogens is 305 g/mol. The van der Waals surface area contributed by atoms with E-state index in [1.54, 1.807) is 6.07 Å². The summed E-state index contributed by atoms with van der Waals surface area (Å²) in [6.07, 6.45) is 2.17. The van der Waals surface area contributed by atoms with Gasteiger partial charge in [-0.25, -0.2) is 4.79 Å². The molecule has 0 saturated heterocycles. The van der Waals surface area contributed by atoms with Gasteiger partial charge in [0.05, 0.1) is 0 Å². The fourth-order valence-corrected chi connectivity index (χ4v) is 1.54. The third-order valence-electron chi connectivity index (χ3n) is 2.17. The van der Waals surface area contributed by atoms with Gasteiger partial charge in [-0.15, -0.1) is 0 Å². The van der Waals surface area contributed by atoms with Crippen molar-refractivity contribution >= 4 is 40.0 Å². The molecule has 0 heterocycles. The van der Waals surface area contributed by atoms with Gasteiger partial charge in [0, 0.05) is 21.0 Å². The SMILES string of the molecule is Nc1cc(NC(=O)NC2CC2)ccc1I. The Labute approximate surface area is 102 Å². The van der Waals surface area contributed by atoms with Crippen LogP contribution in [0.15, 0.2) is 18.2 Å². The van der Waals surface area contributed by atoms with Gasteiger partial charge in [0.1, 0.15) is 0 Å². The van der Waals surface area contributed by atoms with Crippen LogP contribution in [0.2, 0.25) is 0 Å². The van der Waals surface area contributed by atoms with Crippen molar-refractivity contribution in [2.24, 2.45) is 0 Å². The molecule has 0 aliphatic heterocycles. The van der Waals surface area contributed by atoms with E-state index in [9.17, 15) is 4.79 Å². The average molecular weight is 317 g/mol. The summed E-state index contributed by atoms with van der Waals surface area (Å²) in [5.74, 6) is 0. The number of rotatable bonds is 2. The van der Waals surface area contributed by atoms with E-state index in [0.717, 1.165) is 22.1 Å². The van der Waals surface area contributed by atoms with Crippen molar-refractivity contribution in [1.82, 2.24) is 5.32 Å². The Hall–Kier alpha value is -0.980. The number of hydrogen-bond donors (Lipinski definition) is 3. The Morgan fingerprint density at radius 2 is 2.20 bits per heavy atom. The second-order valence-electron chi connectivity index (χ2n) is 3.61. The van der Waals surface area contributed by atoms with Crippen molar-refractivity contribution in [2.75, 3.05) is 11.1 Å². The van der Waals surface area contributed by atoms with Crippen LogP contribution >= 0.6 is 22.6 Å². The maximum absolute atomic E-state index is 11.4. The standard InChI is InChI=1S/C10H12IN3O/c11-8-4-3-7(5-9(8)12)14-10(15)13-6-1-2-6/h3-6H,1-2,12H2,(H2,13,14,15). The average Bonchev–Trinajstić information content (AvgIpc) is 2.95. The van der Waals surface area contributed by atoms with Crippen molar-refractivity contribution in [2.45, 2.75) is 18.9 Å². The summed E-state index contributed by atoms with van der Waals surface area (Å²) in [6.45, 7) is 0. The van der Waals surface area contributed by atoms with Gasteiger partial charge in [-0.05, 0) is 53.6 Å². The monoisotopic (exact) mass is 317 g/mol. The first-order chi connectivity index (χ1) is 7.15. The molecule has 1 aromatic carbocycles. The van der Waals surface area contributed by atoms with Gasteiger partial charge in [-0.3, -0.25) is 0 Å². The molecule has 0 unspecified atom stereocenters. The summed E-state index contributed by atoms with van der Waals surface area (Å²) in [5.41, 5.74) is 7.14. The van der Waals surface area contributed by atoms with Crippen LogP contribution < -0.4 is 16.4 Å². The summed E-state index contributed by atoms with van der Waals surface area (Å²) in [4.78, 5) is 11.4. The second-order valence-corrected chi connectivity index (χ2v) is 4.77. The highest BCUT2D eigenvalue weighted by Gasteiger charge is 2.23. The molecule has 1 aromatic rings. The number of benzene rings is 1. The molecular formula is C10H12IN3O. The van der Waals surface area contributed by atoms with E-state index < -0.39 is 0 Å². The van der Waals surface area contributed by atoms with Gasteiger partial charge >= 0.3 is 6.03 Å². The van der Waals surface area contributed by atoms with Crippen LogP contribution in [-0.4, -0.2) is 12.1 Å². The molecule has 0 spiro atoms. The number of nitrogens with one attached hydrogen (secondary N) is 2. The second kappa shape index (κ2) is 4.26. The largest absolute Gasteiger partial charge is 0.398 e. The van der Waals surface area contributed by atoms with Crippen LogP contribution in [0, 0.1) is 3.57 Å². The molecule has 1 fully saturated rings. The first kappa shape index (κ1) is 10.5. The van der Waals surface area contributed by atoms with Crippen molar-refractivity contribution in [3.05, 3.63) is 21.8 Å². The van der Waals surface area contributed by atoms with Gasteiger partial charge in [0.2, 0.25) is 0 Å². The minimum absolute atomic E-state index is 0.155. The zero-order valence-corrected chi connectivity index (χ0v) is 10.2. The minimum atomic E-state index is -0.155. The van der Waals surface area contributed by atoms with Gasteiger partial charge < -0.3 is 16.4 Å². The molecule has 1 aliphatic rings. The van der Waals surface area contributed by atoms with Gasteiger partial charge in [-0.1, -0.05) is 0 Å². The highest BCUT2D eigenvalue weighted by molar-refractivity contribution is 14.1. The van der Waals surface area contributed by atoms with E-state index in [-0.39, 0.29) is 6.03 Å². The van der Waals surface area contributed by atoms with Gasteiger partial charge in [0.15, 0.2) is 0 Å². The summed E-state index contributed by atoms with van der Waals surface area (Å²) in [6, 6.07) is 5.69. The van der Waals surface area contributed by atoms with E-state index >= 15 is 0 Å². The van der Waals surface area contributed by atoms with E-state index in [4.69, 9.17) is 5.73 Å². The summed E-state index contributed by atoms with van der Waals surface area (Å²) >= 11 is 2.15. The molecule has 0 bridgehead atoms. The topological polar surface area (TPSA) is 67.1 Å². The molecule has 0 aromatic heterocycles. The third kappa shape index (κ3) is 2.98. The Balaban J connectivity index is 1.97. The lowest BCUT2D eigenvalue weighted by Gasteiger charge is -2.07. The third-order valence-corrected chi connectivity index (χ3v) is 3.15. The van der Waals surface area contributed by atoms with Gasteiger partial charge in [-0.2, -0.15) is 0 Å². The number of carbonyl (C=O) groups excluding carboxylic acids is 1. The minimum Gasteiger partial charge on any atom is -0.398 e.